The first kappa shape index (κ1) is 19.2. The van der Waals surface area contributed by atoms with Crippen LogP contribution >= 0.6 is 0 Å². The van der Waals surface area contributed by atoms with Crippen LogP contribution in [0.1, 0.15) is 44.5 Å². The van der Waals surface area contributed by atoms with Gasteiger partial charge < -0.3 is 14.8 Å². The topological polar surface area (TPSA) is 67.9 Å². The first-order valence-corrected chi connectivity index (χ1v) is 8.75. The van der Waals surface area contributed by atoms with E-state index < -0.39 is 11.7 Å². The molecule has 1 aromatic rings. The molecule has 1 heterocycles. The fraction of sp³-hybridized carbons (Fsp3) is 0.579. The number of ether oxygens (including phenoxy) is 2. The summed E-state index contributed by atoms with van der Waals surface area (Å²) in [5, 5.41) is 2.87. The third-order valence-corrected chi connectivity index (χ3v) is 3.85. The van der Waals surface area contributed by atoms with Crippen LogP contribution in [0.5, 0.6) is 5.75 Å². The van der Waals surface area contributed by atoms with Crippen molar-refractivity contribution in [3.8, 4) is 5.75 Å². The highest BCUT2D eigenvalue weighted by molar-refractivity contribution is 5.97. The summed E-state index contributed by atoms with van der Waals surface area (Å²) >= 11 is 0. The lowest BCUT2D eigenvalue weighted by Gasteiger charge is -2.22. The van der Waals surface area contributed by atoms with Crippen LogP contribution in [-0.2, 0) is 4.74 Å². The van der Waals surface area contributed by atoms with E-state index in [1.165, 1.54) is 0 Å². The monoisotopic (exact) mass is 348 g/mol. The summed E-state index contributed by atoms with van der Waals surface area (Å²) in [6.45, 7) is 9.82. The Morgan fingerprint density at radius 3 is 2.52 bits per heavy atom. The number of benzene rings is 1. The molecule has 0 aromatic heterocycles. The summed E-state index contributed by atoms with van der Waals surface area (Å²) in [4.78, 5) is 26.3. The Labute approximate surface area is 149 Å². The summed E-state index contributed by atoms with van der Waals surface area (Å²) < 4.78 is 10.7. The molecule has 1 atom stereocenters. The van der Waals surface area contributed by atoms with Gasteiger partial charge in [-0.15, -0.1) is 0 Å². The van der Waals surface area contributed by atoms with Gasteiger partial charge in [-0.3, -0.25) is 9.69 Å². The molecule has 1 saturated heterocycles. The maximum atomic E-state index is 12.4. The molecule has 138 valence electrons. The van der Waals surface area contributed by atoms with Crippen molar-refractivity contribution in [1.82, 2.24) is 10.2 Å². The van der Waals surface area contributed by atoms with Crippen molar-refractivity contribution in [2.75, 3.05) is 26.2 Å². The molecular weight excluding hydrogens is 320 g/mol. The van der Waals surface area contributed by atoms with Crippen molar-refractivity contribution in [2.45, 2.75) is 45.8 Å². The average molecular weight is 348 g/mol. The molecule has 0 spiro atoms. The minimum atomic E-state index is -0.508. The number of ketones is 1. The first-order chi connectivity index (χ1) is 11.8. The molecule has 6 heteroatoms. The zero-order chi connectivity index (χ0) is 18.4. The molecule has 1 aliphatic heterocycles. The number of Topliss-reactive ketones (excluding diaryl/α,β-unsaturated/α-hetero) is 1. The number of nitrogens with one attached hydrogen (secondary N) is 1. The SMILES string of the molecule is CCOc1ccc(C(=O)CN2CCC(NC(=O)OC(C)(C)C)C2)cc1. The largest absolute Gasteiger partial charge is 0.494 e. The van der Waals surface area contributed by atoms with Crippen LogP contribution in [-0.4, -0.2) is 54.7 Å². The van der Waals surface area contributed by atoms with E-state index in [2.05, 4.69) is 10.2 Å². The van der Waals surface area contributed by atoms with Crippen LogP contribution in [0.15, 0.2) is 24.3 Å². The Bertz CT molecular complexity index is 592. The molecule has 0 bridgehead atoms. The van der Waals surface area contributed by atoms with Crippen LogP contribution in [0.25, 0.3) is 0 Å². The van der Waals surface area contributed by atoms with E-state index in [-0.39, 0.29) is 11.8 Å². The van der Waals surface area contributed by atoms with Crippen LogP contribution < -0.4 is 10.1 Å². The first-order valence-electron chi connectivity index (χ1n) is 8.75. The van der Waals surface area contributed by atoms with Gasteiger partial charge in [0.15, 0.2) is 5.78 Å². The van der Waals surface area contributed by atoms with E-state index in [4.69, 9.17) is 9.47 Å². The smallest absolute Gasteiger partial charge is 0.407 e. The highest BCUT2D eigenvalue weighted by Gasteiger charge is 2.27. The van der Waals surface area contributed by atoms with Gasteiger partial charge in [0.1, 0.15) is 11.4 Å². The minimum Gasteiger partial charge on any atom is -0.494 e. The van der Waals surface area contributed by atoms with Gasteiger partial charge in [0, 0.05) is 24.7 Å². The second-order valence-electron chi connectivity index (χ2n) is 7.25. The zero-order valence-corrected chi connectivity index (χ0v) is 15.5. The molecule has 0 radical (unpaired) electrons. The van der Waals surface area contributed by atoms with Gasteiger partial charge in [-0.1, -0.05) is 0 Å². The second-order valence-corrected chi connectivity index (χ2v) is 7.25. The number of hydrogen-bond acceptors (Lipinski definition) is 5. The van der Waals surface area contributed by atoms with Crippen molar-refractivity contribution in [1.29, 1.82) is 0 Å². The van der Waals surface area contributed by atoms with E-state index in [0.717, 1.165) is 18.7 Å². The van der Waals surface area contributed by atoms with Gasteiger partial charge in [0.2, 0.25) is 0 Å². The summed E-state index contributed by atoms with van der Waals surface area (Å²) in [6, 6.07) is 7.23. The highest BCUT2D eigenvalue weighted by Crippen LogP contribution is 2.15. The van der Waals surface area contributed by atoms with Crippen molar-refractivity contribution >= 4 is 11.9 Å². The molecule has 1 unspecified atom stereocenters. The maximum absolute atomic E-state index is 12.4. The molecule has 1 aliphatic rings. The van der Waals surface area contributed by atoms with E-state index in [0.29, 0.717) is 25.3 Å². The normalized spacial score (nSPS) is 18.0. The fourth-order valence-corrected chi connectivity index (χ4v) is 2.77. The van der Waals surface area contributed by atoms with Gasteiger partial charge >= 0.3 is 6.09 Å². The number of hydrogen-bond donors (Lipinski definition) is 1. The molecule has 25 heavy (non-hydrogen) atoms. The maximum Gasteiger partial charge on any atom is 0.407 e. The Morgan fingerprint density at radius 1 is 1.24 bits per heavy atom. The molecule has 1 fully saturated rings. The van der Waals surface area contributed by atoms with Crippen molar-refractivity contribution in [2.24, 2.45) is 0 Å². The molecule has 0 aliphatic carbocycles. The third-order valence-electron chi connectivity index (χ3n) is 3.85. The van der Waals surface area contributed by atoms with Gasteiger partial charge in [-0.05, 0) is 58.4 Å². The number of alkyl carbamates (subject to hydrolysis) is 1. The standard InChI is InChI=1S/C19H28N2O4/c1-5-24-16-8-6-14(7-9-16)17(22)13-21-11-10-15(12-21)20-18(23)25-19(2,3)4/h6-9,15H,5,10-13H2,1-4H3,(H,20,23). The quantitative estimate of drug-likeness (QED) is 0.801. The molecule has 1 aromatic carbocycles. The lowest BCUT2D eigenvalue weighted by Crippen LogP contribution is -2.41. The lowest BCUT2D eigenvalue weighted by molar-refractivity contribution is 0.0506. The van der Waals surface area contributed by atoms with Gasteiger partial charge in [-0.25, -0.2) is 4.79 Å². The van der Waals surface area contributed by atoms with E-state index in [1.54, 1.807) is 12.1 Å². The van der Waals surface area contributed by atoms with Crippen LogP contribution in [0.3, 0.4) is 0 Å². The molecule has 2 rings (SSSR count). The van der Waals surface area contributed by atoms with Gasteiger partial charge in [-0.2, -0.15) is 0 Å². The summed E-state index contributed by atoms with van der Waals surface area (Å²) in [6.07, 6.45) is 0.410. The number of carbonyl (C=O) groups excluding carboxylic acids is 2. The molecule has 1 N–H and O–H groups in total. The lowest BCUT2D eigenvalue weighted by atomic mass is 10.1. The molecular formula is C19H28N2O4. The highest BCUT2D eigenvalue weighted by atomic mass is 16.6. The Kier molecular flexibility index (Phi) is 6.42. The van der Waals surface area contributed by atoms with Crippen molar-refractivity contribution < 1.29 is 19.1 Å². The Hall–Kier alpha value is -2.08. The fourth-order valence-electron chi connectivity index (χ4n) is 2.77. The van der Waals surface area contributed by atoms with Crippen molar-refractivity contribution in [3.63, 3.8) is 0 Å². The molecule has 1 amide bonds. The van der Waals surface area contributed by atoms with Gasteiger partial charge in [0.05, 0.1) is 13.2 Å². The zero-order valence-electron chi connectivity index (χ0n) is 15.5. The Balaban J connectivity index is 1.80. The number of amides is 1. The van der Waals surface area contributed by atoms with Gasteiger partial charge in [0.25, 0.3) is 0 Å². The van der Waals surface area contributed by atoms with E-state index in [1.807, 2.05) is 39.8 Å². The van der Waals surface area contributed by atoms with Crippen molar-refractivity contribution in [3.05, 3.63) is 29.8 Å². The van der Waals surface area contributed by atoms with Crippen LogP contribution in [0.2, 0.25) is 0 Å². The number of rotatable bonds is 6. The molecule has 6 nitrogen and oxygen atoms in total. The number of likely N-dealkylation sites (tertiary alicyclic amines) is 1. The number of carbonyl (C=O) groups is 2. The molecule has 0 saturated carbocycles. The summed E-state index contributed by atoms with van der Waals surface area (Å²) in [5.41, 5.74) is 0.165. The predicted octanol–water partition coefficient (Wildman–Crippen LogP) is 2.87. The average Bonchev–Trinajstić information content (AvgIpc) is 2.93. The van der Waals surface area contributed by atoms with Crippen LogP contribution in [0.4, 0.5) is 4.79 Å². The number of nitrogens with zero attached hydrogens (tertiary/aromatic N) is 1. The summed E-state index contributed by atoms with van der Waals surface area (Å²) in [5.74, 6) is 0.836. The third kappa shape index (κ3) is 6.38. The second kappa shape index (κ2) is 8.34. The van der Waals surface area contributed by atoms with E-state index in [9.17, 15) is 9.59 Å². The minimum absolute atomic E-state index is 0.0166. The van der Waals surface area contributed by atoms with Crippen LogP contribution in [0, 0.1) is 0 Å². The summed E-state index contributed by atoms with van der Waals surface area (Å²) in [7, 11) is 0. The predicted molar refractivity (Wildman–Crippen MR) is 96.2 cm³/mol. The Morgan fingerprint density at radius 2 is 1.92 bits per heavy atom. The van der Waals surface area contributed by atoms with E-state index >= 15 is 0 Å².